The summed E-state index contributed by atoms with van der Waals surface area (Å²) in [5.74, 6) is -0.667. The first-order valence-corrected chi connectivity index (χ1v) is 8.86. The highest BCUT2D eigenvalue weighted by Gasteiger charge is 2.21. The number of pyridine rings is 1. The molecule has 0 radical (unpaired) electrons. The van der Waals surface area contributed by atoms with E-state index in [-0.39, 0.29) is 17.1 Å². The molecule has 138 valence electrons. The second-order valence-electron chi connectivity index (χ2n) is 6.22. The summed E-state index contributed by atoms with van der Waals surface area (Å²) < 4.78 is 11.4. The molecule has 0 fully saturated rings. The summed E-state index contributed by atoms with van der Waals surface area (Å²) >= 11 is 5.96. The van der Waals surface area contributed by atoms with Crippen molar-refractivity contribution in [3.63, 3.8) is 0 Å². The number of aryl methyl sites for hydroxylation is 1. The minimum absolute atomic E-state index is 0.165. The molecule has 28 heavy (non-hydrogen) atoms. The molecule has 2 aromatic carbocycles. The van der Waals surface area contributed by atoms with Gasteiger partial charge < -0.3 is 9.15 Å². The molecule has 0 unspecified atom stereocenters. The number of hydrogen-bond acceptors (Lipinski definition) is 5. The molecule has 4 rings (SSSR count). The van der Waals surface area contributed by atoms with Crippen LogP contribution in [0.25, 0.3) is 22.3 Å². The molecule has 6 heteroatoms. The van der Waals surface area contributed by atoms with Crippen LogP contribution in [0, 0.1) is 6.92 Å². The second kappa shape index (κ2) is 7.29. The van der Waals surface area contributed by atoms with Crippen LogP contribution in [0.15, 0.2) is 76.2 Å². The fourth-order valence-corrected chi connectivity index (χ4v) is 2.94. The molecule has 0 aliphatic rings. The quantitative estimate of drug-likeness (QED) is 0.458. The van der Waals surface area contributed by atoms with Crippen LogP contribution in [0.5, 0.6) is 5.75 Å². The molecule has 0 aliphatic carbocycles. The number of esters is 1. The van der Waals surface area contributed by atoms with Gasteiger partial charge in [-0.2, -0.15) is 0 Å². The minimum atomic E-state index is -0.670. The Hall–Kier alpha value is -3.44. The number of hydrogen-bond donors (Lipinski definition) is 0. The van der Waals surface area contributed by atoms with E-state index in [9.17, 15) is 9.59 Å². The number of carbonyl (C=O) groups is 1. The van der Waals surface area contributed by atoms with Crippen LogP contribution < -0.4 is 10.2 Å². The molecular formula is C22H14ClNO4. The van der Waals surface area contributed by atoms with Crippen LogP contribution in [0.1, 0.15) is 15.9 Å². The van der Waals surface area contributed by atoms with Crippen LogP contribution >= 0.6 is 11.6 Å². The Morgan fingerprint density at radius 3 is 2.46 bits per heavy atom. The first kappa shape index (κ1) is 17.9. The highest BCUT2D eigenvalue weighted by molar-refractivity contribution is 6.30. The summed E-state index contributed by atoms with van der Waals surface area (Å²) in [6.07, 6.45) is 2.95. The number of benzene rings is 2. The van der Waals surface area contributed by atoms with Crippen molar-refractivity contribution < 1.29 is 13.9 Å². The Bertz CT molecular complexity index is 1230. The molecule has 0 N–H and O–H groups in total. The lowest BCUT2D eigenvalue weighted by Gasteiger charge is -2.11. The molecule has 0 aliphatic heterocycles. The van der Waals surface area contributed by atoms with Gasteiger partial charge in [-0.05, 0) is 55.5 Å². The predicted octanol–water partition coefficient (Wildman–Crippen LogP) is 5.04. The van der Waals surface area contributed by atoms with E-state index in [0.717, 1.165) is 5.56 Å². The number of nitrogens with zero attached hydrogens (tertiary/aromatic N) is 1. The lowest BCUT2D eigenvalue weighted by Crippen LogP contribution is -2.16. The van der Waals surface area contributed by atoms with E-state index < -0.39 is 11.4 Å². The molecule has 0 amide bonds. The van der Waals surface area contributed by atoms with Crippen molar-refractivity contribution in [1.29, 1.82) is 0 Å². The van der Waals surface area contributed by atoms with E-state index in [0.29, 0.717) is 21.6 Å². The average molecular weight is 392 g/mol. The lowest BCUT2D eigenvalue weighted by molar-refractivity contribution is 0.0731. The smallest absolute Gasteiger partial charge is 0.343 e. The van der Waals surface area contributed by atoms with Gasteiger partial charge in [-0.15, -0.1) is 0 Å². The minimum Gasteiger partial charge on any atom is -0.452 e. The van der Waals surface area contributed by atoms with Gasteiger partial charge in [-0.3, -0.25) is 9.78 Å². The molecule has 2 aromatic heterocycles. The number of rotatable bonds is 3. The Balaban J connectivity index is 1.92. The van der Waals surface area contributed by atoms with E-state index in [4.69, 9.17) is 20.8 Å². The van der Waals surface area contributed by atoms with Crippen molar-refractivity contribution in [2.75, 3.05) is 0 Å². The van der Waals surface area contributed by atoms with Crippen molar-refractivity contribution in [3.05, 3.63) is 93.4 Å². The van der Waals surface area contributed by atoms with Gasteiger partial charge in [-0.1, -0.05) is 23.2 Å². The SMILES string of the molecule is Cc1ccc2oc(-c3ccc(Cl)cc3)c(OC(=O)c3ccncc3)c(=O)c2c1. The van der Waals surface area contributed by atoms with E-state index in [1.165, 1.54) is 24.5 Å². The molecule has 0 saturated carbocycles. The summed E-state index contributed by atoms with van der Waals surface area (Å²) in [5.41, 5.74) is 1.73. The maximum atomic E-state index is 13.1. The predicted molar refractivity (Wildman–Crippen MR) is 107 cm³/mol. The normalized spacial score (nSPS) is 10.8. The number of fused-ring (bicyclic) bond motifs is 1. The summed E-state index contributed by atoms with van der Waals surface area (Å²) in [4.78, 5) is 29.6. The highest BCUT2D eigenvalue weighted by Crippen LogP contribution is 2.32. The molecule has 0 saturated heterocycles. The Kier molecular flexibility index (Phi) is 4.67. The Labute approximate surface area is 165 Å². The largest absolute Gasteiger partial charge is 0.452 e. The van der Waals surface area contributed by atoms with Gasteiger partial charge in [0, 0.05) is 23.0 Å². The van der Waals surface area contributed by atoms with Crippen molar-refractivity contribution in [1.82, 2.24) is 4.98 Å². The van der Waals surface area contributed by atoms with E-state index >= 15 is 0 Å². The van der Waals surface area contributed by atoms with Gasteiger partial charge in [-0.25, -0.2) is 4.79 Å². The number of ether oxygens (including phenoxy) is 1. The standard InChI is InChI=1S/C22H14ClNO4/c1-13-2-7-18-17(12-13)19(25)21(28-22(26)15-8-10-24-11-9-15)20(27-18)14-3-5-16(23)6-4-14/h2-12H,1H3. The third kappa shape index (κ3) is 3.40. The maximum Gasteiger partial charge on any atom is 0.343 e. The van der Waals surface area contributed by atoms with Crippen molar-refractivity contribution in [2.24, 2.45) is 0 Å². The Morgan fingerprint density at radius 1 is 1.04 bits per heavy atom. The molecule has 0 atom stereocenters. The summed E-state index contributed by atoms with van der Waals surface area (Å²) in [5, 5.41) is 0.882. The highest BCUT2D eigenvalue weighted by atomic mass is 35.5. The number of aromatic nitrogens is 1. The molecule has 0 bridgehead atoms. The third-order valence-corrected chi connectivity index (χ3v) is 4.47. The van der Waals surface area contributed by atoms with Crippen LogP contribution in [0.4, 0.5) is 0 Å². The zero-order chi connectivity index (χ0) is 19.7. The number of halogens is 1. The summed E-state index contributed by atoms with van der Waals surface area (Å²) in [7, 11) is 0. The monoisotopic (exact) mass is 391 g/mol. The van der Waals surface area contributed by atoms with Crippen LogP contribution in [-0.2, 0) is 0 Å². The zero-order valence-corrected chi connectivity index (χ0v) is 15.6. The van der Waals surface area contributed by atoms with Crippen LogP contribution in [0.3, 0.4) is 0 Å². The second-order valence-corrected chi connectivity index (χ2v) is 6.66. The van der Waals surface area contributed by atoms with Gasteiger partial charge in [0.05, 0.1) is 10.9 Å². The van der Waals surface area contributed by atoms with Crippen LogP contribution in [-0.4, -0.2) is 11.0 Å². The zero-order valence-electron chi connectivity index (χ0n) is 14.8. The Morgan fingerprint density at radius 2 is 1.75 bits per heavy atom. The average Bonchev–Trinajstić information content (AvgIpc) is 2.71. The third-order valence-electron chi connectivity index (χ3n) is 4.22. The molecular weight excluding hydrogens is 378 g/mol. The summed E-state index contributed by atoms with van der Waals surface area (Å²) in [6, 6.07) is 15.0. The van der Waals surface area contributed by atoms with Crippen LogP contribution in [0.2, 0.25) is 5.02 Å². The lowest BCUT2D eigenvalue weighted by atomic mass is 10.1. The van der Waals surface area contributed by atoms with E-state index in [1.807, 2.05) is 13.0 Å². The molecule has 4 aromatic rings. The molecule has 2 heterocycles. The van der Waals surface area contributed by atoms with Gasteiger partial charge in [0.2, 0.25) is 11.2 Å². The molecule has 5 nitrogen and oxygen atoms in total. The van der Waals surface area contributed by atoms with Gasteiger partial charge in [0.1, 0.15) is 5.58 Å². The van der Waals surface area contributed by atoms with Crippen molar-refractivity contribution in [2.45, 2.75) is 6.92 Å². The first-order chi connectivity index (χ1) is 13.5. The fourth-order valence-electron chi connectivity index (χ4n) is 2.82. The van der Waals surface area contributed by atoms with E-state index in [1.54, 1.807) is 36.4 Å². The summed E-state index contributed by atoms with van der Waals surface area (Å²) in [6.45, 7) is 1.87. The fraction of sp³-hybridized carbons (Fsp3) is 0.0455. The first-order valence-electron chi connectivity index (χ1n) is 8.48. The van der Waals surface area contributed by atoms with Gasteiger partial charge in [0.15, 0.2) is 5.76 Å². The number of carbonyl (C=O) groups excluding carboxylic acids is 1. The molecule has 0 spiro atoms. The van der Waals surface area contributed by atoms with Gasteiger partial charge >= 0.3 is 5.97 Å². The van der Waals surface area contributed by atoms with Crippen molar-refractivity contribution >= 4 is 28.5 Å². The topological polar surface area (TPSA) is 69.4 Å². The maximum absolute atomic E-state index is 13.1. The van der Waals surface area contributed by atoms with E-state index in [2.05, 4.69) is 4.98 Å². The van der Waals surface area contributed by atoms with Crippen molar-refractivity contribution in [3.8, 4) is 17.1 Å². The van der Waals surface area contributed by atoms with Gasteiger partial charge in [0.25, 0.3) is 0 Å².